The van der Waals surface area contributed by atoms with Gasteiger partial charge in [-0.3, -0.25) is 4.79 Å². The lowest BCUT2D eigenvalue weighted by atomic mass is 9.94. The number of hydrogen-bond acceptors (Lipinski definition) is 3. The Hall–Kier alpha value is -2.33. The maximum absolute atomic E-state index is 12.9. The monoisotopic (exact) mass is 351 g/mol. The fourth-order valence-electron chi connectivity index (χ4n) is 3.65. The van der Waals surface area contributed by atoms with Crippen LogP contribution in [-0.2, 0) is 4.79 Å². The molecular weight excluding hydrogens is 322 g/mol. The van der Waals surface area contributed by atoms with Gasteiger partial charge in [-0.2, -0.15) is 0 Å². The molecule has 4 nitrogen and oxygen atoms in total. The molecule has 0 radical (unpaired) electrons. The Kier molecular flexibility index (Phi) is 5.62. The van der Waals surface area contributed by atoms with E-state index >= 15 is 0 Å². The van der Waals surface area contributed by atoms with Crippen molar-refractivity contribution in [1.82, 2.24) is 4.90 Å². The Bertz CT molecular complexity index is 751. The minimum Gasteiger partial charge on any atom is -0.368 e. The van der Waals surface area contributed by atoms with Crippen molar-refractivity contribution in [2.45, 2.75) is 26.8 Å². The number of nitrogens with two attached hydrogens (primary N) is 1. The molecule has 138 valence electrons. The lowest BCUT2D eigenvalue weighted by Crippen LogP contribution is -2.51. The van der Waals surface area contributed by atoms with Crippen LogP contribution in [0, 0.1) is 19.8 Å². The normalized spacial score (nSPS) is 17.1. The molecule has 0 saturated carbocycles. The van der Waals surface area contributed by atoms with Crippen molar-refractivity contribution in [3.8, 4) is 0 Å². The molecule has 0 bridgehead atoms. The molecule has 1 saturated heterocycles. The van der Waals surface area contributed by atoms with Crippen LogP contribution in [-0.4, -0.2) is 37.0 Å². The summed E-state index contributed by atoms with van der Waals surface area (Å²) < 4.78 is 0. The van der Waals surface area contributed by atoms with Crippen LogP contribution in [0.2, 0.25) is 0 Å². The third kappa shape index (κ3) is 3.75. The van der Waals surface area contributed by atoms with Crippen LogP contribution < -0.4 is 10.6 Å². The van der Waals surface area contributed by atoms with E-state index < -0.39 is 0 Å². The predicted molar refractivity (Wildman–Crippen MR) is 107 cm³/mol. The van der Waals surface area contributed by atoms with E-state index in [1.165, 1.54) is 16.8 Å². The molecule has 4 heteroatoms. The third-order valence-electron chi connectivity index (χ3n) is 5.62. The number of nitrogens with zero attached hydrogens (tertiary/aromatic N) is 2. The highest BCUT2D eigenvalue weighted by Gasteiger charge is 2.29. The number of hydrogen-bond donors (Lipinski definition) is 1. The molecule has 1 fully saturated rings. The Labute approximate surface area is 156 Å². The van der Waals surface area contributed by atoms with E-state index in [1.54, 1.807) is 0 Å². The van der Waals surface area contributed by atoms with E-state index in [9.17, 15) is 4.79 Å². The molecule has 1 aliphatic rings. The summed E-state index contributed by atoms with van der Waals surface area (Å²) in [6.07, 6.45) is 0. The first-order chi connectivity index (χ1) is 12.5. The van der Waals surface area contributed by atoms with Crippen molar-refractivity contribution < 1.29 is 4.79 Å². The molecule has 1 aliphatic heterocycles. The first kappa shape index (κ1) is 18.5. The Balaban J connectivity index is 1.62. The number of piperazine rings is 1. The van der Waals surface area contributed by atoms with Gasteiger partial charge in [-0.05, 0) is 36.6 Å². The van der Waals surface area contributed by atoms with Gasteiger partial charge in [-0.15, -0.1) is 0 Å². The second kappa shape index (κ2) is 7.92. The van der Waals surface area contributed by atoms with Crippen LogP contribution in [0.3, 0.4) is 0 Å². The van der Waals surface area contributed by atoms with Gasteiger partial charge in [0.25, 0.3) is 0 Å². The van der Waals surface area contributed by atoms with Gasteiger partial charge in [0.05, 0.1) is 5.92 Å². The molecule has 2 atom stereocenters. The smallest absolute Gasteiger partial charge is 0.227 e. The first-order valence-corrected chi connectivity index (χ1v) is 9.39. The predicted octanol–water partition coefficient (Wildman–Crippen LogP) is 3.29. The van der Waals surface area contributed by atoms with Gasteiger partial charge in [0.15, 0.2) is 0 Å². The minimum atomic E-state index is -0.263. The van der Waals surface area contributed by atoms with Crippen molar-refractivity contribution in [3.63, 3.8) is 0 Å². The minimum absolute atomic E-state index is 0.155. The fraction of sp³-hybridized carbons (Fsp3) is 0.409. The van der Waals surface area contributed by atoms with Crippen molar-refractivity contribution in [1.29, 1.82) is 0 Å². The van der Waals surface area contributed by atoms with E-state index in [0.29, 0.717) is 0 Å². The maximum atomic E-state index is 12.9. The molecule has 2 aromatic rings. The van der Waals surface area contributed by atoms with Gasteiger partial charge in [-0.1, -0.05) is 49.4 Å². The quantitative estimate of drug-likeness (QED) is 0.919. The Morgan fingerprint density at radius 2 is 1.62 bits per heavy atom. The zero-order valence-electron chi connectivity index (χ0n) is 16.0. The van der Waals surface area contributed by atoms with Gasteiger partial charge in [0.1, 0.15) is 0 Å². The highest BCUT2D eigenvalue weighted by molar-refractivity contribution is 5.80. The van der Waals surface area contributed by atoms with Gasteiger partial charge >= 0.3 is 0 Å². The summed E-state index contributed by atoms with van der Waals surface area (Å²) in [6.45, 7) is 9.48. The average Bonchev–Trinajstić information content (AvgIpc) is 2.69. The SMILES string of the molecule is Cc1cccc(N2CCN(C(=O)C(C)C(N)c3ccccc3)CC2)c1C. The summed E-state index contributed by atoms with van der Waals surface area (Å²) in [7, 11) is 0. The Morgan fingerprint density at radius 1 is 0.962 bits per heavy atom. The van der Waals surface area contributed by atoms with Crippen LogP contribution in [0.25, 0.3) is 0 Å². The number of amides is 1. The summed E-state index contributed by atoms with van der Waals surface area (Å²) in [5.74, 6) is -0.0633. The molecule has 2 N–H and O–H groups in total. The van der Waals surface area contributed by atoms with Crippen LogP contribution >= 0.6 is 0 Å². The second-order valence-corrected chi connectivity index (χ2v) is 7.26. The molecule has 0 aliphatic carbocycles. The lowest BCUT2D eigenvalue weighted by Gasteiger charge is -2.38. The van der Waals surface area contributed by atoms with E-state index in [0.717, 1.165) is 31.7 Å². The van der Waals surface area contributed by atoms with Crippen molar-refractivity contribution in [2.24, 2.45) is 11.7 Å². The van der Waals surface area contributed by atoms with Gasteiger partial charge in [0.2, 0.25) is 5.91 Å². The largest absolute Gasteiger partial charge is 0.368 e. The Morgan fingerprint density at radius 3 is 2.27 bits per heavy atom. The first-order valence-electron chi connectivity index (χ1n) is 9.39. The van der Waals surface area contributed by atoms with Gasteiger partial charge in [0, 0.05) is 37.9 Å². The summed E-state index contributed by atoms with van der Waals surface area (Å²) in [4.78, 5) is 17.3. The summed E-state index contributed by atoms with van der Waals surface area (Å²) in [6, 6.07) is 16.1. The molecule has 1 heterocycles. The van der Waals surface area contributed by atoms with E-state index in [1.807, 2.05) is 42.2 Å². The van der Waals surface area contributed by atoms with Crippen LogP contribution in [0.15, 0.2) is 48.5 Å². The van der Waals surface area contributed by atoms with E-state index in [-0.39, 0.29) is 17.9 Å². The van der Waals surface area contributed by atoms with E-state index in [2.05, 4.69) is 36.9 Å². The van der Waals surface area contributed by atoms with Crippen molar-refractivity contribution in [3.05, 3.63) is 65.2 Å². The zero-order valence-corrected chi connectivity index (χ0v) is 16.0. The number of rotatable bonds is 4. The van der Waals surface area contributed by atoms with Crippen molar-refractivity contribution >= 4 is 11.6 Å². The highest BCUT2D eigenvalue weighted by atomic mass is 16.2. The number of benzene rings is 2. The zero-order chi connectivity index (χ0) is 18.7. The average molecular weight is 351 g/mol. The lowest BCUT2D eigenvalue weighted by molar-refractivity contribution is -0.136. The van der Waals surface area contributed by atoms with E-state index in [4.69, 9.17) is 5.73 Å². The number of carbonyl (C=O) groups is 1. The number of aryl methyl sites for hydroxylation is 1. The molecule has 26 heavy (non-hydrogen) atoms. The highest BCUT2D eigenvalue weighted by Crippen LogP contribution is 2.25. The molecule has 1 amide bonds. The molecule has 2 unspecified atom stereocenters. The van der Waals surface area contributed by atoms with Crippen LogP contribution in [0.5, 0.6) is 0 Å². The van der Waals surface area contributed by atoms with Crippen molar-refractivity contribution in [2.75, 3.05) is 31.1 Å². The fourth-order valence-corrected chi connectivity index (χ4v) is 3.65. The van der Waals surface area contributed by atoms with Crippen LogP contribution in [0.1, 0.15) is 29.7 Å². The molecule has 0 aromatic heterocycles. The molecular formula is C22H29N3O. The van der Waals surface area contributed by atoms with Gasteiger partial charge < -0.3 is 15.5 Å². The third-order valence-corrected chi connectivity index (χ3v) is 5.62. The maximum Gasteiger partial charge on any atom is 0.227 e. The van der Waals surface area contributed by atoms with Gasteiger partial charge in [-0.25, -0.2) is 0 Å². The van der Waals surface area contributed by atoms with Crippen LogP contribution in [0.4, 0.5) is 5.69 Å². The summed E-state index contributed by atoms with van der Waals surface area (Å²) in [5.41, 5.74) is 11.3. The topological polar surface area (TPSA) is 49.6 Å². The summed E-state index contributed by atoms with van der Waals surface area (Å²) in [5, 5.41) is 0. The second-order valence-electron chi connectivity index (χ2n) is 7.26. The molecule has 3 rings (SSSR count). The number of anilines is 1. The summed E-state index contributed by atoms with van der Waals surface area (Å²) >= 11 is 0. The standard InChI is InChI=1S/C22H29N3O/c1-16-8-7-11-20(17(16)2)24-12-14-25(15-13-24)22(26)18(3)21(23)19-9-5-4-6-10-19/h4-11,18,21H,12-15,23H2,1-3H3. The molecule has 2 aromatic carbocycles. The number of carbonyl (C=O) groups excluding carboxylic acids is 1. The molecule has 0 spiro atoms.